The fourth-order valence-electron chi connectivity index (χ4n) is 6.82. The van der Waals surface area contributed by atoms with Crippen LogP contribution in [0, 0.1) is 11.3 Å². The average Bonchev–Trinajstić information content (AvgIpc) is 3.60. The number of fused-ring (bicyclic) bond motifs is 3. The number of benzene rings is 8. The van der Waals surface area contributed by atoms with Gasteiger partial charge in [-0.1, -0.05) is 133 Å². The summed E-state index contributed by atoms with van der Waals surface area (Å²) in [5.41, 5.74) is 12.3. The number of aromatic nitrogens is 3. The lowest BCUT2D eigenvalue weighted by Gasteiger charge is -2.14. The van der Waals surface area contributed by atoms with Gasteiger partial charge < -0.3 is 0 Å². The minimum absolute atomic E-state index is 0.663. The lowest BCUT2D eigenvalue weighted by Crippen LogP contribution is -1.97. The van der Waals surface area contributed by atoms with Crippen LogP contribution in [0.25, 0.3) is 82.8 Å². The third kappa shape index (κ3) is 5.11. The third-order valence-electron chi connectivity index (χ3n) is 9.34. The van der Waals surface area contributed by atoms with E-state index < -0.39 is 0 Å². The van der Waals surface area contributed by atoms with E-state index in [1.54, 1.807) is 4.80 Å². The van der Waals surface area contributed by atoms with Crippen molar-refractivity contribution < 1.29 is 0 Å². The Morgan fingerprint density at radius 2 is 0.816 bits per heavy atom. The first-order valence-corrected chi connectivity index (χ1v) is 16.3. The minimum atomic E-state index is 0.663. The van der Waals surface area contributed by atoms with Crippen molar-refractivity contribution in [2.24, 2.45) is 0 Å². The molecule has 0 radical (unpaired) electrons. The molecule has 0 amide bonds. The Kier molecular flexibility index (Phi) is 6.81. The molecule has 4 heteroatoms. The first-order chi connectivity index (χ1) is 24.2. The van der Waals surface area contributed by atoms with E-state index in [2.05, 4.69) is 152 Å². The molecular weight excluding hydrogens is 597 g/mol. The van der Waals surface area contributed by atoms with E-state index in [-0.39, 0.29) is 0 Å². The van der Waals surface area contributed by atoms with E-state index >= 15 is 0 Å². The zero-order valence-corrected chi connectivity index (χ0v) is 26.5. The summed E-state index contributed by atoms with van der Waals surface area (Å²) in [6.07, 6.45) is 0. The molecule has 0 saturated carbocycles. The molecule has 0 fully saturated rings. The van der Waals surface area contributed by atoms with Crippen LogP contribution in [0.1, 0.15) is 5.56 Å². The van der Waals surface area contributed by atoms with E-state index in [4.69, 9.17) is 15.5 Å². The Labute approximate surface area is 283 Å². The lowest BCUT2D eigenvalue weighted by atomic mass is 9.89. The molecule has 228 valence electrons. The molecule has 0 bridgehead atoms. The molecule has 49 heavy (non-hydrogen) atoms. The topological polar surface area (TPSA) is 54.5 Å². The van der Waals surface area contributed by atoms with Crippen molar-refractivity contribution in [2.75, 3.05) is 0 Å². The van der Waals surface area contributed by atoms with Crippen LogP contribution in [0.5, 0.6) is 0 Å². The maximum atomic E-state index is 9.10. The molecule has 0 atom stereocenters. The van der Waals surface area contributed by atoms with Crippen LogP contribution >= 0.6 is 0 Å². The van der Waals surface area contributed by atoms with E-state index in [0.717, 1.165) is 50.1 Å². The van der Waals surface area contributed by atoms with Crippen molar-refractivity contribution in [1.82, 2.24) is 15.0 Å². The molecule has 0 aliphatic carbocycles. The highest BCUT2D eigenvalue weighted by Crippen LogP contribution is 2.41. The van der Waals surface area contributed by atoms with Gasteiger partial charge in [0, 0.05) is 0 Å². The molecule has 1 heterocycles. The Hall–Kier alpha value is -6.83. The summed E-state index contributed by atoms with van der Waals surface area (Å²) in [5.74, 6) is 0. The largest absolute Gasteiger partial charge is 0.192 e. The second kappa shape index (κ2) is 11.8. The average molecular weight is 625 g/mol. The Morgan fingerprint density at radius 1 is 0.408 bits per heavy atom. The molecule has 9 aromatic rings. The molecule has 1 aromatic heterocycles. The number of nitrogens with zero attached hydrogens (tertiary/aromatic N) is 4. The predicted octanol–water partition coefficient (Wildman–Crippen LogP) is 11.3. The van der Waals surface area contributed by atoms with Crippen LogP contribution in [0.2, 0.25) is 0 Å². The van der Waals surface area contributed by atoms with Crippen LogP contribution < -0.4 is 0 Å². The van der Waals surface area contributed by atoms with Crippen LogP contribution in [0.3, 0.4) is 0 Å². The summed E-state index contributed by atoms with van der Waals surface area (Å²) in [5, 5.41) is 23.9. The molecule has 0 aliphatic heterocycles. The summed E-state index contributed by atoms with van der Waals surface area (Å²) in [6, 6.07) is 61.2. The molecule has 0 spiro atoms. The Morgan fingerprint density at radius 3 is 1.29 bits per heavy atom. The van der Waals surface area contributed by atoms with Gasteiger partial charge in [0.05, 0.1) is 17.3 Å². The molecule has 9 rings (SSSR count). The second-order valence-electron chi connectivity index (χ2n) is 12.2. The monoisotopic (exact) mass is 624 g/mol. The SMILES string of the molecule is N#Cc1ccc(-c2ccc(-c3ccc(-n4nc5cc(-c6cccc7ccccc67)c(-c6cccc7ccccc67)cc5n4)cc3)cc2)cc1. The van der Waals surface area contributed by atoms with E-state index in [0.29, 0.717) is 5.56 Å². The Bertz CT molecular complexity index is 2570. The van der Waals surface area contributed by atoms with Crippen LogP contribution in [-0.4, -0.2) is 15.0 Å². The summed E-state index contributed by atoms with van der Waals surface area (Å²) >= 11 is 0. The van der Waals surface area contributed by atoms with Gasteiger partial charge in [0.1, 0.15) is 11.0 Å². The van der Waals surface area contributed by atoms with Gasteiger partial charge in [-0.3, -0.25) is 0 Å². The summed E-state index contributed by atoms with van der Waals surface area (Å²) in [4.78, 5) is 1.74. The lowest BCUT2D eigenvalue weighted by molar-refractivity contribution is 0.766. The zero-order chi connectivity index (χ0) is 32.7. The summed E-state index contributed by atoms with van der Waals surface area (Å²) in [7, 11) is 0. The second-order valence-corrected chi connectivity index (χ2v) is 12.2. The van der Waals surface area contributed by atoms with Crippen molar-refractivity contribution >= 4 is 32.6 Å². The molecule has 0 saturated heterocycles. The number of nitriles is 1. The van der Waals surface area contributed by atoms with Crippen molar-refractivity contribution in [2.45, 2.75) is 0 Å². The van der Waals surface area contributed by atoms with E-state index in [1.807, 2.05) is 24.3 Å². The van der Waals surface area contributed by atoms with Gasteiger partial charge in [-0.15, -0.1) is 10.2 Å². The number of hydrogen-bond donors (Lipinski definition) is 0. The molecule has 8 aromatic carbocycles. The normalized spacial score (nSPS) is 11.2. The van der Waals surface area contributed by atoms with Gasteiger partial charge in [0.25, 0.3) is 0 Å². The standard InChI is InChI=1S/C45H28N4/c46-29-30-15-17-31(18-16-30)32-19-21-33(22-20-32)34-23-25-37(26-24-34)49-47-44-27-42(40-13-5-9-35-7-1-3-11-38(35)40)43(28-45(44)48-49)41-14-6-10-36-8-2-4-12-39(36)41/h1-28H. The zero-order valence-electron chi connectivity index (χ0n) is 26.5. The van der Waals surface area contributed by atoms with Crippen LogP contribution in [0.4, 0.5) is 0 Å². The molecular formula is C45H28N4. The quantitative estimate of drug-likeness (QED) is 0.191. The first kappa shape index (κ1) is 28.4. The highest BCUT2D eigenvalue weighted by Gasteiger charge is 2.17. The highest BCUT2D eigenvalue weighted by atomic mass is 15.5. The van der Waals surface area contributed by atoms with E-state index in [1.165, 1.54) is 32.7 Å². The van der Waals surface area contributed by atoms with Crippen LogP contribution in [0.15, 0.2) is 170 Å². The summed E-state index contributed by atoms with van der Waals surface area (Å²) < 4.78 is 0. The molecule has 0 aliphatic rings. The van der Waals surface area contributed by atoms with Crippen molar-refractivity contribution in [3.8, 4) is 56.3 Å². The van der Waals surface area contributed by atoms with Crippen molar-refractivity contribution in [3.05, 3.63) is 175 Å². The minimum Gasteiger partial charge on any atom is -0.192 e. The van der Waals surface area contributed by atoms with Crippen LogP contribution in [-0.2, 0) is 0 Å². The third-order valence-corrected chi connectivity index (χ3v) is 9.34. The highest BCUT2D eigenvalue weighted by molar-refractivity contribution is 6.07. The fourth-order valence-corrected chi connectivity index (χ4v) is 6.82. The Balaban J connectivity index is 1.11. The van der Waals surface area contributed by atoms with Gasteiger partial charge >= 0.3 is 0 Å². The maximum absolute atomic E-state index is 9.10. The number of rotatable bonds is 5. The smallest absolute Gasteiger partial charge is 0.114 e. The summed E-state index contributed by atoms with van der Waals surface area (Å²) in [6.45, 7) is 0. The van der Waals surface area contributed by atoms with Gasteiger partial charge in [-0.2, -0.15) is 10.1 Å². The maximum Gasteiger partial charge on any atom is 0.114 e. The van der Waals surface area contributed by atoms with Gasteiger partial charge in [0.2, 0.25) is 0 Å². The molecule has 0 N–H and O–H groups in total. The van der Waals surface area contributed by atoms with Gasteiger partial charge in [-0.25, -0.2) is 0 Å². The van der Waals surface area contributed by atoms with Gasteiger partial charge in [0.15, 0.2) is 0 Å². The number of hydrogen-bond acceptors (Lipinski definition) is 3. The molecule has 4 nitrogen and oxygen atoms in total. The first-order valence-electron chi connectivity index (χ1n) is 16.3. The molecule has 0 unspecified atom stereocenters. The van der Waals surface area contributed by atoms with Crippen molar-refractivity contribution in [3.63, 3.8) is 0 Å². The predicted molar refractivity (Wildman–Crippen MR) is 200 cm³/mol. The van der Waals surface area contributed by atoms with Crippen molar-refractivity contribution in [1.29, 1.82) is 5.26 Å². The fraction of sp³-hybridized carbons (Fsp3) is 0. The van der Waals surface area contributed by atoms with E-state index in [9.17, 15) is 0 Å². The van der Waals surface area contributed by atoms with Gasteiger partial charge in [-0.05, 0) is 102 Å².